The number of aryl methyl sites for hydroxylation is 1. The second-order valence-electron chi connectivity index (χ2n) is 8.41. The lowest BCUT2D eigenvalue weighted by Crippen LogP contribution is -2.45. The molecule has 1 aliphatic heterocycles. The van der Waals surface area contributed by atoms with Crippen LogP contribution in [0.2, 0.25) is 0 Å². The summed E-state index contributed by atoms with van der Waals surface area (Å²) in [6, 6.07) is 19.4. The molecular formula is C24H30N2O. The fourth-order valence-corrected chi connectivity index (χ4v) is 4.23. The number of nitrogens with zero attached hydrogens (tertiary/aromatic N) is 1. The van der Waals surface area contributed by atoms with Crippen molar-refractivity contribution in [1.82, 2.24) is 10.2 Å². The van der Waals surface area contributed by atoms with Crippen LogP contribution in [0.1, 0.15) is 41.9 Å². The van der Waals surface area contributed by atoms with Gasteiger partial charge in [0.05, 0.1) is 5.92 Å². The van der Waals surface area contributed by atoms with Crippen molar-refractivity contribution in [2.45, 2.75) is 38.6 Å². The van der Waals surface area contributed by atoms with Gasteiger partial charge in [-0.05, 0) is 49.1 Å². The first kappa shape index (κ1) is 18.2. The van der Waals surface area contributed by atoms with Crippen molar-refractivity contribution in [3.05, 3.63) is 71.3 Å². The molecule has 0 unspecified atom stereocenters. The molecule has 1 amide bonds. The minimum atomic E-state index is 0.0757. The largest absolute Gasteiger partial charge is 0.356 e. The van der Waals surface area contributed by atoms with Gasteiger partial charge in [-0.2, -0.15) is 0 Å². The maximum atomic E-state index is 12.8. The van der Waals surface area contributed by atoms with Gasteiger partial charge in [-0.15, -0.1) is 0 Å². The van der Waals surface area contributed by atoms with Crippen LogP contribution in [0, 0.1) is 18.8 Å². The van der Waals surface area contributed by atoms with Crippen molar-refractivity contribution in [2.75, 3.05) is 19.6 Å². The number of benzene rings is 2. The molecule has 3 heteroatoms. The number of amides is 1. The van der Waals surface area contributed by atoms with Crippen LogP contribution in [0.4, 0.5) is 0 Å². The smallest absolute Gasteiger partial charge is 0.224 e. The van der Waals surface area contributed by atoms with Crippen LogP contribution in [-0.2, 0) is 11.3 Å². The summed E-state index contributed by atoms with van der Waals surface area (Å²) < 4.78 is 0. The highest BCUT2D eigenvalue weighted by atomic mass is 16.1. The van der Waals surface area contributed by atoms with E-state index in [9.17, 15) is 4.79 Å². The fraction of sp³-hybridized carbons (Fsp3) is 0.458. The number of carbonyl (C=O) groups is 1. The summed E-state index contributed by atoms with van der Waals surface area (Å²) in [5.74, 6) is 1.47. The molecule has 142 valence electrons. The quantitative estimate of drug-likeness (QED) is 0.838. The Kier molecular flexibility index (Phi) is 5.58. The molecule has 0 radical (unpaired) electrons. The zero-order chi connectivity index (χ0) is 18.6. The molecule has 1 saturated heterocycles. The SMILES string of the molecule is Cc1cccc([C@@H]2C[C@@H](C(=O)NCC3CC3)CN(Cc3ccccc3)C2)c1. The van der Waals surface area contributed by atoms with Crippen molar-refractivity contribution in [3.63, 3.8) is 0 Å². The molecule has 2 fully saturated rings. The number of hydrogen-bond acceptors (Lipinski definition) is 2. The molecule has 4 rings (SSSR count). The van der Waals surface area contributed by atoms with Gasteiger partial charge in [0, 0.05) is 26.2 Å². The van der Waals surface area contributed by atoms with E-state index in [0.29, 0.717) is 5.92 Å². The molecule has 3 nitrogen and oxygen atoms in total. The Morgan fingerprint density at radius 1 is 1.07 bits per heavy atom. The van der Waals surface area contributed by atoms with Crippen LogP contribution in [0.3, 0.4) is 0 Å². The lowest BCUT2D eigenvalue weighted by atomic mass is 9.83. The lowest BCUT2D eigenvalue weighted by molar-refractivity contribution is -0.127. The molecule has 2 aromatic rings. The van der Waals surface area contributed by atoms with Crippen LogP contribution in [0.5, 0.6) is 0 Å². The first-order valence-corrected chi connectivity index (χ1v) is 10.3. The van der Waals surface area contributed by atoms with Gasteiger partial charge < -0.3 is 5.32 Å². The molecule has 1 N–H and O–H groups in total. The third-order valence-corrected chi connectivity index (χ3v) is 5.92. The van der Waals surface area contributed by atoms with E-state index in [2.05, 4.69) is 71.7 Å². The van der Waals surface area contributed by atoms with E-state index in [1.54, 1.807) is 0 Å². The van der Waals surface area contributed by atoms with E-state index in [1.807, 2.05) is 0 Å². The predicted octanol–water partition coefficient (Wildman–Crippen LogP) is 4.13. The highest BCUT2D eigenvalue weighted by Crippen LogP contribution is 2.32. The fourth-order valence-electron chi connectivity index (χ4n) is 4.23. The second kappa shape index (κ2) is 8.26. The van der Waals surface area contributed by atoms with Crippen LogP contribution < -0.4 is 5.32 Å². The minimum Gasteiger partial charge on any atom is -0.356 e. The maximum absolute atomic E-state index is 12.8. The monoisotopic (exact) mass is 362 g/mol. The summed E-state index contributed by atoms with van der Waals surface area (Å²) >= 11 is 0. The molecule has 27 heavy (non-hydrogen) atoms. The number of likely N-dealkylation sites (tertiary alicyclic amines) is 1. The Morgan fingerprint density at radius 3 is 2.63 bits per heavy atom. The van der Waals surface area contributed by atoms with Crippen molar-refractivity contribution < 1.29 is 4.79 Å². The van der Waals surface area contributed by atoms with Crippen molar-refractivity contribution in [2.24, 2.45) is 11.8 Å². The highest BCUT2D eigenvalue weighted by molar-refractivity contribution is 5.79. The number of piperidine rings is 1. The number of hydrogen-bond donors (Lipinski definition) is 1. The van der Waals surface area contributed by atoms with E-state index in [4.69, 9.17) is 0 Å². The van der Waals surface area contributed by atoms with Crippen LogP contribution in [0.15, 0.2) is 54.6 Å². The van der Waals surface area contributed by atoms with Gasteiger partial charge in [0.1, 0.15) is 0 Å². The predicted molar refractivity (Wildman–Crippen MR) is 109 cm³/mol. The van der Waals surface area contributed by atoms with E-state index >= 15 is 0 Å². The standard InChI is InChI=1S/C24H30N2O/c1-18-6-5-9-21(12-18)22-13-23(24(27)25-14-19-10-11-19)17-26(16-22)15-20-7-3-2-4-8-20/h2-9,12,19,22-23H,10-11,13-17H2,1H3,(H,25,27)/t22-,23-/m1/s1. The van der Waals surface area contributed by atoms with Gasteiger partial charge in [0.25, 0.3) is 0 Å². The minimum absolute atomic E-state index is 0.0757. The molecule has 0 aromatic heterocycles. The summed E-state index contributed by atoms with van der Waals surface area (Å²) in [7, 11) is 0. The summed E-state index contributed by atoms with van der Waals surface area (Å²) in [4.78, 5) is 15.3. The molecule has 1 aliphatic carbocycles. The normalized spacial score (nSPS) is 23.1. The van der Waals surface area contributed by atoms with E-state index in [1.165, 1.54) is 29.5 Å². The van der Waals surface area contributed by atoms with Crippen molar-refractivity contribution in [3.8, 4) is 0 Å². The average molecular weight is 363 g/mol. The zero-order valence-electron chi connectivity index (χ0n) is 16.2. The van der Waals surface area contributed by atoms with Gasteiger partial charge in [-0.3, -0.25) is 9.69 Å². The van der Waals surface area contributed by atoms with Gasteiger partial charge in [0.15, 0.2) is 0 Å². The van der Waals surface area contributed by atoms with Crippen LogP contribution in [0.25, 0.3) is 0 Å². The third-order valence-electron chi connectivity index (χ3n) is 5.92. The number of rotatable bonds is 6. The molecular weight excluding hydrogens is 332 g/mol. The Balaban J connectivity index is 1.49. The van der Waals surface area contributed by atoms with E-state index < -0.39 is 0 Å². The second-order valence-corrected chi connectivity index (χ2v) is 8.41. The third kappa shape index (κ3) is 4.98. The van der Waals surface area contributed by atoms with Gasteiger partial charge in [-0.25, -0.2) is 0 Å². The summed E-state index contributed by atoms with van der Waals surface area (Å²) in [5.41, 5.74) is 3.98. The maximum Gasteiger partial charge on any atom is 0.224 e. The topological polar surface area (TPSA) is 32.3 Å². The number of nitrogens with one attached hydrogen (secondary N) is 1. The molecule has 1 saturated carbocycles. The first-order chi connectivity index (χ1) is 13.2. The first-order valence-electron chi connectivity index (χ1n) is 10.3. The molecule has 2 atom stereocenters. The Bertz CT molecular complexity index is 769. The molecule has 2 aliphatic rings. The summed E-state index contributed by atoms with van der Waals surface area (Å²) in [6.07, 6.45) is 3.50. The van der Waals surface area contributed by atoms with Gasteiger partial charge in [0.2, 0.25) is 5.91 Å². The van der Waals surface area contributed by atoms with E-state index in [-0.39, 0.29) is 11.8 Å². The molecule has 0 spiro atoms. The lowest BCUT2D eigenvalue weighted by Gasteiger charge is -2.37. The zero-order valence-corrected chi connectivity index (χ0v) is 16.2. The molecule has 2 aromatic carbocycles. The van der Waals surface area contributed by atoms with Crippen LogP contribution >= 0.6 is 0 Å². The van der Waals surface area contributed by atoms with Crippen molar-refractivity contribution in [1.29, 1.82) is 0 Å². The molecule has 0 bridgehead atoms. The summed E-state index contributed by atoms with van der Waals surface area (Å²) in [6.45, 7) is 5.80. The highest BCUT2D eigenvalue weighted by Gasteiger charge is 2.33. The molecule has 1 heterocycles. The number of carbonyl (C=O) groups excluding carboxylic acids is 1. The Hall–Kier alpha value is -2.13. The van der Waals surface area contributed by atoms with E-state index in [0.717, 1.165) is 38.5 Å². The Labute approximate surface area is 162 Å². The van der Waals surface area contributed by atoms with Gasteiger partial charge >= 0.3 is 0 Å². The van der Waals surface area contributed by atoms with Crippen molar-refractivity contribution >= 4 is 5.91 Å². The van der Waals surface area contributed by atoms with Gasteiger partial charge in [-0.1, -0.05) is 60.2 Å². The summed E-state index contributed by atoms with van der Waals surface area (Å²) in [5, 5.41) is 3.22. The Morgan fingerprint density at radius 2 is 1.89 bits per heavy atom. The van der Waals surface area contributed by atoms with Crippen LogP contribution in [-0.4, -0.2) is 30.4 Å². The average Bonchev–Trinajstić information content (AvgIpc) is 3.51.